The lowest BCUT2D eigenvalue weighted by molar-refractivity contribution is -0.148. The van der Waals surface area contributed by atoms with Gasteiger partial charge in [-0.2, -0.15) is 0 Å². The first-order valence-electron chi connectivity index (χ1n) is 11.6. The van der Waals surface area contributed by atoms with Crippen molar-refractivity contribution in [3.8, 4) is 5.75 Å². The third kappa shape index (κ3) is 3.52. The van der Waals surface area contributed by atoms with Crippen molar-refractivity contribution in [1.29, 1.82) is 0 Å². The number of allylic oxidation sites excluding steroid dienone is 1. The summed E-state index contributed by atoms with van der Waals surface area (Å²) in [5.41, 5.74) is 4.64. The van der Waals surface area contributed by atoms with E-state index in [9.17, 15) is 4.79 Å². The van der Waals surface area contributed by atoms with Crippen LogP contribution in [0.2, 0.25) is 0 Å². The molecule has 0 aromatic heterocycles. The molecular formula is C29H29NO2. The van der Waals surface area contributed by atoms with E-state index in [0.717, 1.165) is 30.1 Å². The number of nitrogens with zero attached hydrogens (tertiary/aromatic N) is 1. The van der Waals surface area contributed by atoms with E-state index in [0.29, 0.717) is 0 Å². The molecule has 32 heavy (non-hydrogen) atoms. The van der Waals surface area contributed by atoms with Gasteiger partial charge in [-0.05, 0) is 42.5 Å². The molecule has 0 bridgehead atoms. The van der Waals surface area contributed by atoms with Crippen LogP contribution in [-0.2, 0) is 4.79 Å². The van der Waals surface area contributed by atoms with Gasteiger partial charge in [0.15, 0.2) is 0 Å². The lowest BCUT2D eigenvalue weighted by atomic mass is 9.51. The third-order valence-electron chi connectivity index (χ3n) is 7.07. The Morgan fingerprint density at radius 3 is 2.22 bits per heavy atom. The molecule has 1 aliphatic heterocycles. The molecule has 5 rings (SSSR count). The van der Waals surface area contributed by atoms with E-state index in [4.69, 9.17) is 4.74 Å². The molecule has 3 aromatic rings. The summed E-state index contributed by atoms with van der Waals surface area (Å²) >= 11 is 0. The molecule has 0 N–H and O–H groups in total. The SMILES string of the molecule is CCN(CC)c1ccc2c(c1)OC(=O)[C@@H]1[C@H](c3ccccc3)[C@@H](/C=C/c3ccccc3)[C@@H]21. The highest BCUT2D eigenvalue weighted by Crippen LogP contribution is 2.62. The zero-order chi connectivity index (χ0) is 22.1. The molecule has 0 amide bonds. The molecule has 0 radical (unpaired) electrons. The largest absolute Gasteiger partial charge is 0.426 e. The maximum Gasteiger partial charge on any atom is 0.315 e. The first kappa shape index (κ1) is 20.6. The normalized spacial score (nSPS) is 23.8. The highest BCUT2D eigenvalue weighted by Gasteiger charge is 2.57. The molecule has 1 saturated carbocycles. The van der Waals surface area contributed by atoms with E-state index in [1.165, 1.54) is 11.1 Å². The van der Waals surface area contributed by atoms with Crippen LogP contribution in [0.25, 0.3) is 6.08 Å². The molecule has 3 nitrogen and oxygen atoms in total. The Bertz CT molecular complexity index is 1120. The highest BCUT2D eigenvalue weighted by atomic mass is 16.5. The van der Waals surface area contributed by atoms with Gasteiger partial charge in [0, 0.05) is 36.7 Å². The summed E-state index contributed by atoms with van der Waals surface area (Å²) in [6.45, 7) is 6.14. The molecule has 4 atom stereocenters. The van der Waals surface area contributed by atoms with Crippen LogP contribution in [-0.4, -0.2) is 19.1 Å². The van der Waals surface area contributed by atoms with Crippen LogP contribution in [0.5, 0.6) is 5.75 Å². The van der Waals surface area contributed by atoms with E-state index in [1.807, 2.05) is 18.2 Å². The zero-order valence-corrected chi connectivity index (χ0v) is 18.6. The van der Waals surface area contributed by atoms with E-state index in [2.05, 4.69) is 91.6 Å². The zero-order valence-electron chi connectivity index (χ0n) is 18.6. The van der Waals surface area contributed by atoms with Crippen molar-refractivity contribution < 1.29 is 9.53 Å². The number of carbonyl (C=O) groups excluding carboxylic acids is 1. The van der Waals surface area contributed by atoms with Gasteiger partial charge in [0.2, 0.25) is 0 Å². The maximum atomic E-state index is 13.2. The minimum Gasteiger partial charge on any atom is -0.426 e. The van der Waals surface area contributed by atoms with Gasteiger partial charge >= 0.3 is 5.97 Å². The minimum atomic E-state index is -0.144. The van der Waals surface area contributed by atoms with Crippen molar-refractivity contribution in [2.75, 3.05) is 18.0 Å². The van der Waals surface area contributed by atoms with Crippen LogP contribution in [0.1, 0.15) is 42.4 Å². The van der Waals surface area contributed by atoms with Gasteiger partial charge in [-0.15, -0.1) is 0 Å². The van der Waals surface area contributed by atoms with Crippen molar-refractivity contribution in [2.45, 2.75) is 25.7 Å². The van der Waals surface area contributed by atoms with E-state index < -0.39 is 0 Å². The summed E-state index contributed by atoms with van der Waals surface area (Å²) < 4.78 is 5.92. The van der Waals surface area contributed by atoms with Gasteiger partial charge in [0.25, 0.3) is 0 Å². The topological polar surface area (TPSA) is 29.5 Å². The summed E-state index contributed by atoms with van der Waals surface area (Å²) in [7, 11) is 0. The molecule has 1 fully saturated rings. The fraction of sp³-hybridized carbons (Fsp3) is 0.276. The number of rotatable bonds is 6. The average molecular weight is 424 g/mol. The van der Waals surface area contributed by atoms with Crippen LogP contribution in [0.4, 0.5) is 5.69 Å². The van der Waals surface area contributed by atoms with Crippen molar-refractivity contribution in [3.05, 3.63) is 102 Å². The van der Waals surface area contributed by atoms with Crippen molar-refractivity contribution in [3.63, 3.8) is 0 Å². The van der Waals surface area contributed by atoms with E-state index >= 15 is 0 Å². The molecule has 1 aliphatic carbocycles. The van der Waals surface area contributed by atoms with Gasteiger partial charge in [0.1, 0.15) is 5.75 Å². The van der Waals surface area contributed by atoms with Crippen molar-refractivity contribution in [1.82, 2.24) is 0 Å². The lowest BCUT2D eigenvalue weighted by Gasteiger charge is -2.52. The van der Waals surface area contributed by atoms with E-state index in [-0.39, 0.29) is 29.6 Å². The standard InChI is InChI=1S/C29H29NO2/c1-3-30(4-2)22-16-18-23-25(19-22)32-29(31)28-26(21-13-9-6-10-14-21)24(27(23)28)17-15-20-11-7-5-8-12-20/h5-19,24,26-28H,3-4H2,1-2H3/b17-15+/t24-,26-,27-,28-/m1/s1. The summed E-state index contributed by atoms with van der Waals surface area (Å²) in [5, 5.41) is 0. The predicted octanol–water partition coefficient (Wildman–Crippen LogP) is 6.28. The number of fused-ring (bicyclic) bond motifs is 3. The number of carbonyl (C=O) groups is 1. The molecule has 0 spiro atoms. The number of hydrogen-bond acceptors (Lipinski definition) is 3. The molecule has 3 aromatic carbocycles. The van der Waals surface area contributed by atoms with Gasteiger partial charge in [0.05, 0.1) is 5.92 Å². The Kier molecular flexibility index (Phi) is 5.57. The summed E-state index contributed by atoms with van der Waals surface area (Å²) in [4.78, 5) is 15.5. The number of benzene rings is 3. The van der Waals surface area contributed by atoms with Gasteiger partial charge < -0.3 is 9.64 Å². The number of ether oxygens (including phenoxy) is 1. The van der Waals surface area contributed by atoms with Gasteiger partial charge in [-0.1, -0.05) is 78.9 Å². The highest BCUT2D eigenvalue weighted by molar-refractivity contribution is 5.83. The minimum absolute atomic E-state index is 0.0996. The fourth-order valence-corrected chi connectivity index (χ4v) is 5.45. The molecule has 2 aliphatic rings. The van der Waals surface area contributed by atoms with Crippen molar-refractivity contribution >= 4 is 17.7 Å². The molecule has 1 heterocycles. The molecular weight excluding hydrogens is 394 g/mol. The first-order chi connectivity index (χ1) is 15.7. The van der Waals surface area contributed by atoms with Crippen molar-refractivity contribution in [2.24, 2.45) is 11.8 Å². The second kappa shape index (κ2) is 8.66. The summed E-state index contributed by atoms with van der Waals surface area (Å²) in [6, 6.07) is 27.2. The van der Waals surface area contributed by atoms with Crippen LogP contribution in [0.15, 0.2) is 84.9 Å². The quantitative estimate of drug-likeness (QED) is 0.345. The predicted molar refractivity (Wildman–Crippen MR) is 130 cm³/mol. The second-order valence-corrected chi connectivity index (χ2v) is 8.65. The molecule has 162 valence electrons. The Labute approximate surface area is 190 Å². The Balaban J connectivity index is 1.54. The second-order valence-electron chi connectivity index (χ2n) is 8.65. The number of anilines is 1. The third-order valence-corrected chi connectivity index (χ3v) is 7.07. The Hall–Kier alpha value is -3.33. The Morgan fingerprint density at radius 2 is 1.53 bits per heavy atom. The molecule has 0 unspecified atom stereocenters. The van der Waals surface area contributed by atoms with Crippen LogP contribution < -0.4 is 9.64 Å². The Morgan fingerprint density at radius 1 is 0.844 bits per heavy atom. The first-order valence-corrected chi connectivity index (χ1v) is 11.6. The maximum absolute atomic E-state index is 13.2. The van der Waals surface area contributed by atoms with Gasteiger partial charge in [-0.3, -0.25) is 4.79 Å². The lowest BCUT2D eigenvalue weighted by Crippen LogP contribution is -2.50. The van der Waals surface area contributed by atoms with Crippen LogP contribution >= 0.6 is 0 Å². The number of hydrogen-bond donors (Lipinski definition) is 0. The monoisotopic (exact) mass is 423 g/mol. The fourth-order valence-electron chi connectivity index (χ4n) is 5.45. The summed E-state index contributed by atoms with van der Waals surface area (Å²) in [6.07, 6.45) is 4.50. The summed E-state index contributed by atoms with van der Waals surface area (Å²) in [5.74, 6) is 0.997. The average Bonchev–Trinajstić information content (AvgIpc) is 2.81. The van der Waals surface area contributed by atoms with Gasteiger partial charge in [-0.25, -0.2) is 0 Å². The molecule has 3 heteroatoms. The van der Waals surface area contributed by atoms with Crippen LogP contribution in [0, 0.1) is 11.8 Å². The van der Waals surface area contributed by atoms with E-state index in [1.54, 1.807) is 0 Å². The van der Waals surface area contributed by atoms with Crippen LogP contribution in [0.3, 0.4) is 0 Å². The number of esters is 1. The molecule has 0 saturated heterocycles. The smallest absolute Gasteiger partial charge is 0.315 e.